The summed E-state index contributed by atoms with van der Waals surface area (Å²) in [6, 6.07) is 23.4. The molecule has 3 aromatic carbocycles. The molecule has 2 N–H and O–H groups in total. The minimum Gasteiger partial charge on any atom is -0.369 e. The lowest BCUT2D eigenvalue weighted by Gasteiger charge is -2.38. The van der Waals surface area contributed by atoms with Crippen LogP contribution in [0.4, 0.5) is 8.78 Å². The SMILES string of the molecule is C[N+]1(CCCSc2cc(F)cc(F)c2)CC[C@@H](C(C(N)=O)(c2ccccc2)c2ccccc2)C1. The Morgan fingerprint density at radius 1 is 1.00 bits per heavy atom. The van der Waals surface area contributed by atoms with E-state index in [-0.39, 0.29) is 11.8 Å². The molecule has 3 nitrogen and oxygen atoms in total. The van der Waals surface area contributed by atoms with E-state index in [0.29, 0.717) is 4.90 Å². The number of amides is 1. The first-order chi connectivity index (χ1) is 16.3. The summed E-state index contributed by atoms with van der Waals surface area (Å²) in [6.45, 7) is 2.73. The van der Waals surface area contributed by atoms with Crippen LogP contribution in [0.25, 0.3) is 0 Å². The highest BCUT2D eigenvalue weighted by molar-refractivity contribution is 7.99. The van der Waals surface area contributed by atoms with Crippen LogP contribution in [0.5, 0.6) is 0 Å². The Balaban J connectivity index is 1.51. The van der Waals surface area contributed by atoms with Crippen LogP contribution in [0.15, 0.2) is 83.8 Å². The number of hydrogen-bond acceptors (Lipinski definition) is 2. The number of nitrogens with zero attached hydrogens (tertiary/aromatic N) is 1. The van der Waals surface area contributed by atoms with Gasteiger partial charge in [0.05, 0.1) is 26.7 Å². The van der Waals surface area contributed by atoms with E-state index >= 15 is 0 Å². The average Bonchev–Trinajstić information content (AvgIpc) is 3.20. The molecule has 1 saturated heterocycles. The molecule has 0 spiro atoms. The second-order valence-corrected chi connectivity index (χ2v) is 10.6. The van der Waals surface area contributed by atoms with Crippen molar-refractivity contribution in [3.8, 4) is 0 Å². The molecule has 4 rings (SSSR count). The normalized spacial score (nSPS) is 20.4. The number of hydrogen-bond donors (Lipinski definition) is 1. The quantitative estimate of drug-likeness (QED) is 0.253. The molecule has 0 aromatic heterocycles. The molecule has 0 aliphatic carbocycles. The predicted octanol–water partition coefficient (Wildman–Crippen LogP) is 5.39. The lowest BCUT2D eigenvalue weighted by molar-refractivity contribution is -0.899. The summed E-state index contributed by atoms with van der Waals surface area (Å²) < 4.78 is 27.7. The van der Waals surface area contributed by atoms with Gasteiger partial charge in [0.25, 0.3) is 0 Å². The van der Waals surface area contributed by atoms with Gasteiger partial charge in [0.1, 0.15) is 17.0 Å². The Hall–Kier alpha value is -2.70. The van der Waals surface area contributed by atoms with Crippen LogP contribution in [0.1, 0.15) is 24.0 Å². The molecule has 34 heavy (non-hydrogen) atoms. The van der Waals surface area contributed by atoms with Crippen LogP contribution < -0.4 is 5.73 Å². The number of rotatable bonds is 9. The third-order valence-electron chi connectivity index (χ3n) is 7.08. The third-order valence-corrected chi connectivity index (χ3v) is 8.15. The van der Waals surface area contributed by atoms with Gasteiger partial charge in [-0.3, -0.25) is 4.79 Å². The van der Waals surface area contributed by atoms with Crippen molar-refractivity contribution in [2.75, 3.05) is 32.4 Å². The van der Waals surface area contributed by atoms with Crippen molar-refractivity contribution >= 4 is 17.7 Å². The zero-order chi connectivity index (χ0) is 24.2. The first-order valence-electron chi connectivity index (χ1n) is 11.7. The second-order valence-electron chi connectivity index (χ2n) is 9.45. The summed E-state index contributed by atoms with van der Waals surface area (Å²) >= 11 is 1.47. The van der Waals surface area contributed by atoms with Gasteiger partial charge in [-0.05, 0) is 23.3 Å². The van der Waals surface area contributed by atoms with Gasteiger partial charge in [-0.25, -0.2) is 8.78 Å². The molecule has 1 aliphatic rings. The van der Waals surface area contributed by atoms with Crippen molar-refractivity contribution in [3.05, 3.63) is 102 Å². The molecule has 1 unspecified atom stereocenters. The number of halogens is 2. The molecular weight excluding hydrogens is 450 g/mol. The summed E-state index contributed by atoms with van der Waals surface area (Å²) in [7, 11) is 2.23. The highest BCUT2D eigenvalue weighted by Gasteiger charge is 2.53. The van der Waals surface area contributed by atoms with Crippen LogP contribution in [0.3, 0.4) is 0 Å². The Labute approximate surface area is 204 Å². The Kier molecular flexibility index (Phi) is 7.39. The minimum atomic E-state index is -0.883. The number of benzene rings is 3. The smallest absolute Gasteiger partial charge is 0.233 e. The largest absolute Gasteiger partial charge is 0.369 e. The summed E-state index contributed by atoms with van der Waals surface area (Å²) in [5.74, 6) is -0.557. The number of thioether (sulfide) groups is 1. The van der Waals surface area contributed by atoms with Crippen molar-refractivity contribution < 1.29 is 18.1 Å². The van der Waals surface area contributed by atoms with E-state index in [1.165, 1.54) is 23.9 Å². The first-order valence-corrected chi connectivity index (χ1v) is 12.7. The molecule has 6 heteroatoms. The molecule has 3 aromatic rings. The summed E-state index contributed by atoms with van der Waals surface area (Å²) in [5.41, 5.74) is 7.20. The van der Waals surface area contributed by atoms with Gasteiger partial charge in [-0.1, -0.05) is 60.7 Å². The lowest BCUT2D eigenvalue weighted by Crippen LogP contribution is -2.51. The van der Waals surface area contributed by atoms with Gasteiger partial charge in [0, 0.05) is 35.5 Å². The molecule has 0 bridgehead atoms. The fourth-order valence-corrected chi connectivity index (χ4v) is 6.41. The molecule has 1 aliphatic heterocycles. The summed E-state index contributed by atoms with van der Waals surface area (Å²) in [6.07, 6.45) is 1.80. The molecule has 2 atom stereocenters. The third kappa shape index (κ3) is 5.03. The monoisotopic (exact) mass is 481 g/mol. The predicted molar refractivity (Wildman–Crippen MR) is 133 cm³/mol. The molecule has 0 saturated carbocycles. The summed E-state index contributed by atoms with van der Waals surface area (Å²) in [4.78, 5) is 13.9. The fourth-order valence-electron chi connectivity index (χ4n) is 5.51. The Bertz CT molecular complexity index is 1070. The van der Waals surface area contributed by atoms with E-state index < -0.39 is 17.0 Å². The molecular formula is C28H31F2N2OS+. The number of quaternary nitrogens is 1. The van der Waals surface area contributed by atoms with Gasteiger partial charge in [-0.15, -0.1) is 11.8 Å². The van der Waals surface area contributed by atoms with Gasteiger partial charge < -0.3 is 10.2 Å². The molecule has 1 amide bonds. The highest BCUT2D eigenvalue weighted by Crippen LogP contribution is 2.45. The maximum absolute atomic E-state index is 13.4. The molecule has 178 valence electrons. The average molecular weight is 482 g/mol. The van der Waals surface area contributed by atoms with Gasteiger partial charge in [0.15, 0.2) is 0 Å². The van der Waals surface area contributed by atoms with Crippen molar-refractivity contribution in [2.45, 2.75) is 23.2 Å². The van der Waals surface area contributed by atoms with Gasteiger partial charge in [-0.2, -0.15) is 0 Å². The Morgan fingerprint density at radius 3 is 2.09 bits per heavy atom. The van der Waals surface area contributed by atoms with Crippen molar-refractivity contribution in [3.63, 3.8) is 0 Å². The first kappa shape index (κ1) is 24.4. The number of nitrogens with two attached hydrogens (primary N) is 1. The van der Waals surface area contributed by atoms with Crippen molar-refractivity contribution in [1.29, 1.82) is 0 Å². The highest BCUT2D eigenvalue weighted by atomic mass is 32.2. The van der Waals surface area contributed by atoms with E-state index in [2.05, 4.69) is 7.05 Å². The van der Waals surface area contributed by atoms with Crippen molar-refractivity contribution in [2.24, 2.45) is 11.7 Å². The molecule has 1 fully saturated rings. The van der Waals surface area contributed by atoms with Crippen LogP contribution in [-0.2, 0) is 10.2 Å². The minimum absolute atomic E-state index is 0.0739. The van der Waals surface area contributed by atoms with E-state index in [1.54, 1.807) is 0 Å². The lowest BCUT2D eigenvalue weighted by atomic mass is 9.64. The van der Waals surface area contributed by atoms with Crippen LogP contribution >= 0.6 is 11.8 Å². The van der Waals surface area contributed by atoms with E-state index in [1.807, 2.05) is 60.7 Å². The van der Waals surface area contributed by atoms with Crippen LogP contribution in [0, 0.1) is 17.6 Å². The van der Waals surface area contributed by atoms with E-state index in [0.717, 1.165) is 59.9 Å². The Morgan fingerprint density at radius 2 is 1.56 bits per heavy atom. The fraction of sp³-hybridized carbons (Fsp3) is 0.321. The maximum Gasteiger partial charge on any atom is 0.233 e. The standard InChI is InChI=1S/C28H30F2N2OS/c1-32(14-8-16-34-26-18-24(29)17-25(30)19-26)15-13-23(20-32)28(27(31)33,21-9-4-2-5-10-21)22-11-6-3-7-12-22/h2-7,9-12,17-19,23H,8,13-16,20H2,1H3,(H-,31,33)/p+1/t23-,32?/m1/s1. The molecule has 0 radical (unpaired) electrons. The summed E-state index contributed by atoms with van der Waals surface area (Å²) in [5, 5.41) is 0. The number of primary amides is 1. The zero-order valence-corrected chi connectivity index (χ0v) is 20.2. The van der Waals surface area contributed by atoms with Gasteiger partial charge in [0.2, 0.25) is 5.91 Å². The van der Waals surface area contributed by atoms with E-state index in [9.17, 15) is 13.6 Å². The topological polar surface area (TPSA) is 43.1 Å². The van der Waals surface area contributed by atoms with Gasteiger partial charge >= 0.3 is 0 Å². The maximum atomic E-state index is 13.4. The second kappa shape index (κ2) is 10.3. The number of likely N-dealkylation sites (tertiary alicyclic amines) is 1. The molecule has 1 heterocycles. The van der Waals surface area contributed by atoms with Crippen molar-refractivity contribution in [1.82, 2.24) is 0 Å². The van der Waals surface area contributed by atoms with Crippen LogP contribution in [0.2, 0.25) is 0 Å². The zero-order valence-electron chi connectivity index (χ0n) is 19.4. The number of carbonyl (C=O) groups excluding carboxylic acids is 1. The van der Waals surface area contributed by atoms with Crippen LogP contribution in [-0.4, -0.2) is 42.8 Å². The van der Waals surface area contributed by atoms with E-state index in [4.69, 9.17) is 5.73 Å². The number of carbonyl (C=O) groups is 1.